The summed E-state index contributed by atoms with van der Waals surface area (Å²) in [5.41, 5.74) is 0.425. The van der Waals surface area contributed by atoms with Crippen LogP contribution in [-0.4, -0.2) is 52.3 Å². The van der Waals surface area contributed by atoms with Gasteiger partial charge in [0.25, 0.3) is 0 Å². The maximum Gasteiger partial charge on any atom is 0.315 e. The molecule has 3 N–H and O–H groups in total. The van der Waals surface area contributed by atoms with E-state index in [1.807, 2.05) is 24.4 Å². The van der Waals surface area contributed by atoms with Gasteiger partial charge < -0.3 is 15.7 Å². The molecule has 0 unspecified atom stereocenters. The van der Waals surface area contributed by atoms with Gasteiger partial charge in [-0.05, 0) is 44.2 Å². The molecule has 1 aliphatic heterocycles. The van der Waals surface area contributed by atoms with Gasteiger partial charge >= 0.3 is 6.03 Å². The SMILES string of the molecule is O=C(NCC1(O)CCC1)NC1CCN(Cc2ccccn2)CC1. The van der Waals surface area contributed by atoms with Crippen molar-refractivity contribution in [3.05, 3.63) is 30.1 Å². The summed E-state index contributed by atoms with van der Waals surface area (Å²) >= 11 is 0. The van der Waals surface area contributed by atoms with Crippen molar-refractivity contribution in [2.24, 2.45) is 0 Å². The number of urea groups is 1. The quantitative estimate of drug-likeness (QED) is 0.764. The molecule has 2 heterocycles. The summed E-state index contributed by atoms with van der Waals surface area (Å²) in [7, 11) is 0. The lowest BCUT2D eigenvalue weighted by molar-refractivity contribution is -0.0291. The second-order valence-electron chi connectivity index (χ2n) is 6.78. The highest BCUT2D eigenvalue weighted by molar-refractivity contribution is 5.74. The van der Waals surface area contributed by atoms with Gasteiger partial charge in [-0.1, -0.05) is 6.07 Å². The Morgan fingerprint density at radius 1 is 1.35 bits per heavy atom. The molecular formula is C17H26N4O2. The summed E-state index contributed by atoms with van der Waals surface area (Å²) in [6, 6.07) is 6.04. The summed E-state index contributed by atoms with van der Waals surface area (Å²) in [5.74, 6) is 0. The van der Waals surface area contributed by atoms with Gasteiger partial charge in [0.2, 0.25) is 0 Å². The molecule has 6 nitrogen and oxygen atoms in total. The fraction of sp³-hybridized carbons (Fsp3) is 0.647. The summed E-state index contributed by atoms with van der Waals surface area (Å²) < 4.78 is 0. The number of amides is 2. The van der Waals surface area contributed by atoms with Crippen LogP contribution in [0.15, 0.2) is 24.4 Å². The van der Waals surface area contributed by atoms with Crippen molar-refractivity contribution in [3.63, 3.8) is 0 Å². The van der Waals surface area contributed by atoms with E-state index < -0.39 is 5.60 Å². The van der Waals surface area contributed by atoms with Crippen LogP contribution in [0.3, 0.4) is 0 Å². The lowest BCUT2D eigenvalue weighted by Crippen LogP contribution is -2.53. The molecule has 3 rings (SSSR count). The van der Waals surface area contributed by atoms with Crippen molar-refractivity contribution < 1.29 is 9.90 Å². The Morgan fingerprint density at radius 2 is 2.13 bits per heavy atom. The standard InChI is InChI=1S/C17H26N4O2/c22-16(19-13-17(23)7-3-8-17)20-14-5-10-21(11-6-14)12-15-4-1-2-9-18-15/h1-2,4,9,14,23H,3,5-8,10-13H2,(H2,19,20,22). The van der Waals surface area contributed by atoms with Crippen molar-refractivity contribution in [1.82, 2.24) is 20.5 Å². The molecule has 0 atom stereocenters. The first-order chi connectivity index (χ1) is 11.1. The van der Waals surface area contributed by atoms with E-state index in [-0.39, 0.29) is 12.1 Å². The van der Waals surface area contributed by atoms with E-state index in [9.17, 15) is 9.90 Å². The highest BCUT2D eigenvalue weighted by atomic mass is 16.3. The van der Waals surface area contributed by atoms with Crippen LogP contribution < -0.4 is 10.6 Å². The van der Waals surface area contributed by atoms with Gasteiger partial charge in [-0.2, -0.15) is 0 Å². The molecule has 0 bridgehead atoms. The molecule has 1 aliphatic carbocycles. The third kappa shape index (κ3) is 4.65. The van der Waals surface area contributed by atoms with Crippen molar-refractivity contribution >= 4 is 6.03 Å². The largest absolute Gasteiger partial charge is 0.388 e. The first-order valence-corrected chi connectivity index (χ1v) is 8.52. The van der Waals surface area contributed by atoms with E-state index in [0.717, 1.165) is 57.4 Å². The van der Waals surface area contributed by atoms with Crippen molar-refractivity contribution in [2.45, 2.75) is 50.3 Å². The molecule has 6 heteroatoms. The number of hydrogen-bond donors (Lipinski definition) is 3. The predicted octanol–water partition coefficient (Wildman–Crippen LogP) is 1.26. The van der Waals surface area contributed by atoms with E-state index in [2.05, 4.69) is 20.5 Å². The molecule has 2 aliphatic rings. The Bertz CT molecular complexity index is 511. The number of nitrogens with one attached hydrogen (secondary N) is 2. The Kier molecular flexibility index (Phi) is 5.13. The molecule has 2 amide bonds. The molecule has 0 aromatic carbocycles. The molecule has 0 radical (unpaired) electrons. The lowest BCUT2D eigenvalue weighted by Gasteiger charge is -2.37. The number of rotatable bonds is 5. The third-order valence-corrected chi connectivity index (χ3v) is 4.90. The molecule has 2 fully saturated rings. The fourth-order valence-electron chi connectivity index (χ4n) is 3.20. The molecule has 1 aromatic rings. The maximum absolute atomic E-state index is 11.9. The first-order valence-electron chi connectivity index (χ1n) is 8.52. The fourth-order valence-corrected chi connectivity index (χ4v) is 3.20. The number of hydrogen-bond acceptors (Lipinski definition) is 4. The highest BCUT2D eigenvalue weighted by Crippen LogP contribution is 2.30. The van der Waals surface area contributed by atoms with E-state index in [1.165, 1.54) is 0 Å². The van der Waals surface area contributed by atoms with Gasteiger partial charge in [0.05, 0.1) is 11.3 Å². The summed E-state index contributed by atoms with van der Waals surface area (Å²) in [6.07, 6.45) is 6.35. The minimum atomic E-state index is -0.663. The number of pyridine rings is 1. The average Bonchev–Trinajstić information content (AvgIpc) is 2.54. The normalized spacial score (nSPS) is 21.4. The number of aliphatic hydroxyl groups is 1. The maximum atomic E-state index is 11.9. The topological polar surface area (TPSA) is 77.5 Å². The second kappa shape index (κ2) is 7.27. The van der Waals surface area contributed by atoms with Gasteiger partial charge in [0.15, 0.2) is 0 Å². The van der Waals surface area contributed by atoms with Crippen molar-refractivity contribution in [2.75, 3.05) is 19.6 Å². The molecule has 1 saturated carbocycles. The van der Waals surface area contributed by atoms with Gasteiger partial charge in [-0.25, -0.2) is 4.79 Å². The molecule has 1 aromatic heterocycles. The van der Waals surface area contributed by atoms with Crippen LogP contribution in [0.2, 0.25) is 0 Å². The Morgan fingerprint density at radius 3 is 2.74 bits per heavy atom. The van der Waals surface area contributed by atoms with Gasteiger partial charge in [0, 0.05) is 38.4 Å². The van der Waals surface area contributed by atoms with Crippen molar-refractivity contribution in [1.29, 1.82) is 0 Å². The zero-order valence-corrected chi connectivity index (χ0v) is 13.5. The van der Waals surface area contributed by atoms with Gasteiger partial charge in [0.1, 0.15) is 0 Å². The predicted molar refractivity (Wildman–Crippen MR) is 87.9 cm³/mol. The Labute approximate surface area is 137 Å². The molecule has 0 spiro atoms. The Hall–Kier alpha value is -1.66. The number of carbonyl (C=O) groups is 1. The van der Waals surface area contributed by atoms with Gasteiger partial charge in [-0.15, -0.1) is 0 Å². The number of aromatic nitrogens is 1. The van der Waals surface area contributed by atoms with Crippen LogP contribution in [0.5, 0.6) is 0 Å². The third-order valence-electron chi connectivity index (χ3n) is 4.90. The number of carbonyl (C=O) groups excluding carboxylic acids is 1. The Balaban J connectivity index is 1.35. The average molecular weight is 318 g/mol. The number of likely N-dealkylation sites (tertiary alicyclic amines) is 1. The van der Waals surface area contributed by atoms with Crippen LogP contribution >= 0.6 is 0 Å². The van der Waals surface area contributed by atoms with Crippen molar-refractivity contribution in [3.8, 4) is 0 Å². The lowest BCUT2D eigenvalue weighted by atomic mass is 9.80. The molecular weight excluding hydrogens is 292 g/mol. The zero-order valence-electron chi connectivity index (χ0n) is 13.5. The zero-order chi connectivity index (χ0) is 16.1. The summed E-state index contributed by atoms with van der Waals surface area (Å²) in [6.45, 7) is 3.15. The molecule has 126 valence electrons. The van der Waals surface area contributed by atoms with E-state index in [0.29, 0.717) is 6.54 Å². The van der Waals surface area contributed by atoms with Crippen LogP contribution in [0.4, 0.5) is 4.79 Å². The minimum absolute atomic E-state index is 0.159. The van der Waals surface area contributed by atoms with E-state index in [4.69, 9.17) is 0 Å². The smallest absolute Gasteiger partial charge is 0.315 e. The summed E-state index contributed by atoms with van der Waals surface area (Å²) in [5, 5.41) is 15.8. The first kappa shape index (κ1) is 16.2. The van der Waals surface area contributed by atoms with Crippen LogP contribution in [0, 0.1) is 0 Å². The monoisotopic (exact) mass is 318 g/mol. The second-order valence-corrected chi connectivity index (χ2v) is 6.78. The highest BCUT2D eigenvalue weighted by Gasteiger charge is 2.34. The minimum Gasteiger partial charge on any atom is -0.388 e. The van der Waals surface area contributed by atoms with E-state index in [1.54, 1.807) is 0 Å². The van der Waals surface area contributed by atoms with Crippen LogP contribution in [0.25, 0.3) is 0 Å². The van der Waals surface area contributed by atoms with Crippen LogP contribution in [0.1, 0.15) is 37.8 Å². The van der Waals surface area contributed by atoms with E-state index >= 15 is 0 Å². The summed E-state index contributed by atoms with van der Waals surface area (Å²) in [4.78, 5) is 18.6. The molecule has 1 saturated heterocycles. The number of piperidine rings is 1. The van der Waals surface area contributed by atoms with Gasteiger partial charge in [-0.3, -0.25) is 9.88 Å². The number of nitrogens with zero attached hydrogens (tertiary/aromatic N) is 2. The van der Waals surface area contributed by atoms with Crippen LogP contribution in [-0.2, 0) is 6.54 Å². The molecule has 23 heavy (non-hydrogen) atoms.